The fourth-order valence-corrected chi connectivity index (χ4v) is 1.97. The lowest BCUT2D eigenvalue weighted by Crippen LogP contribution is -2.36. The van der Waals surface area contributed by atoms with Gasteiger partial charge in [0.2, 0.25) is 0 Å². The summed E-state index contributed by atoms with van der Waals surface area (Å²) in [7, 11) is 3.10. The van der Waals surface area contributed by atoms with E-state index in [1.807, 2.05) is 0 Å². The zero-order valence-electron chi connectivity index (χ0n) is 11.2. The number of rotatable bonds is 5. The van der Waals surface area contributed by atoms with Gasteiger partial charge in [-0.1, -0.05) is 6.08 Å². The van der Waals surface area contributed by atoms with Crippen molar-refractivity contribution in [3.05, 3.63) is 35.5 Å². The van der Waals surface area contributed by atoms with Crippen LogP contribution in [-0.4, -0.2) is 20.1 Å². The maximum Gasteiger partial charge on any atom is 0.269 e. The van der Waals surface area contributed by atoms with Gasteiger partial charge in [0.05, 0.1) is 14.2 Å². The summed E-state index contributed by atoms with van der Waals surface area (Å²) in [6.07, 6.45) is 5.27. The van der Waals surface area contributed by atoms with Crippen molar-refractivity contribution in [2.75, 3.05) is 14.2 Å². The fraction of sp³-hybridized carbons (Fsp3) is 0.357. The zero-order valence-corrected chi connectivity index (χ0v) is 11.2. The summed E-state index contributed by atoms with van der Waals surface area (Å²) in [6, 6.07) is 5.06. The van der Waals surface area contributed by atoms with Gasteiger partial charge in [0.25, 0.3) is 5.91 Å². The second kappa shape index (κ2) is 6.13. The SMILES string of the molecule is COc1ccc(C(=O)NNC2=CCCC2)cc1OC. The molecule has 0 radical (unpaired) electrons. The number of benzene rings is 1. The highest BCUT2D eigenvalue weighted by Crippen LogP contribution is 2.27. The number of hydrogen-bond acceptors (Lipinski definition) is 4. The quantitative estimate of drug-likeness (QED) is 0.797. The molecule has 102 valence electrons. The molecule has 19 heavy (non-hydrogen) atoms. The molecule has 0 heterocycles. The smallest absolute Gasteiger partial charge is 0.269 e. The number of ether oxygens (including phenoxy) is 2. The second-order valence-corrected chi connectivity index (χ2v) is 4.27. The summed E-state index contributed by atoms with van der Waals surface area (Å²) in [5.41, 5.74) is 7.19. The third-order valence-electron chi connectivity index (χ3n) is 3.02. The van der Waals surface area contributed by atoms with E-state index in [2.05, 4.69) is 16.9 Å². The summed E-state index contributed by atoms with van der Waals surface area (Å²) >= 11 is 0. The first kappa shape index (κ1) is 13.3. The lowest BCUT2D eigenvalue weighted by molar-refractivity contribution is 0.0938. The number of hydrazine groups is 1. The van der Waals surface area contributed by atoms with Gasteiger partial charge in [0.15, 0.2) is 11.5 Å². The minimum atomic E-state index is -0.200. The molecule has 0 aliphatic heterocycles. The van der Waals surface area contributed by atoms with Crippen molar-refractivity contribution in [3.63, 3.8) is 0 Å². The van der Waals surface area contributed by atoms with Crippen LogP contribution in [0.15, 0.2) is 30.0 Å². The van der Waals surface area contributed by atoms with Gasteiger partial charge in [0.1, 0.15) is 0 Å². The Kier molecular flexibility index (Phi) is 4.28. The summed E-state index contributed by atoms with van der Waals surface area (Å²) in [5, 5.41) is 0. The summed E-state index contributed by atoms with van der Waals surface area (Å²) in [6.45, 7) is 0. The first-order chi connectivity index (χ1) is 9.24. The first-order valence-corrected chi connectivity index (χ1v) is 6.22. The highest BCUT2D eigenvalue weighted by molar-refractivity contribution is 5.94. The highest BCUT2D eigenvalue weighted by atomic mass is 16.5. The summed E-state index contributed by atoms with van der Waals surface area (Å²) < 4.78 is 10.3. The van der Waals surface area contributed by atoms with E-state index < -0.39 is 0 Å². The van der Waals surface area contributed by atoms with Crippen LogP contribution >= 0.6 is 0 Å². The molecule has 0 fully saturated rings. The van der Waals surface area contributed by atoms with Crippen molar-refractivity contribution in [1.82, 2.24) is 10.9 Å². The normalized spacial score (nSPS) is 13.7. The van der Waals surface area contributed by atoms with Crippen LogP contribution < -0.4 is 20.3 Å². The van der Waals surface area contributed by atoms with Crippen LogP contribution in [0.25, 0.3) is 0 Å². The molecule has 0 atom stereocenters. The minimum absolute atomic E-state index is 0.200. The third kappa shape index (κ3) is 3.19. The molecule has 5 nitrogen and oxygen atoms in total. The van der Waals surface area contributed by atoms with Crippen LogP contribution in [0.4, 0.5) is 0 Å². The standard InChI is InChI=1S/C14H18N2O3/c1-18-12-8-7-10(9-13(12)19-2)14(17)16-15-11-5-3-4-6-11/h5,7-9,15H,3-4,6H2,1-2H3,(H,16,17). The molecule has 1 aromatic carbocycles. The van der Waals surface area contributed by atoms with Crippen molar-refractivity contribution in [2.24, 2.45) is 0 Å². The second-order valence-electron chi connectivity index (χ2n) is 4.27. The molecule has 0 bridgehead atoms. The molecule has 2 rings (SSSR count). The summed E-state index contributed by atoms with van der Waals surface area (Å²) in [5.74, 6) is 0.939. The van der Waals surface area contributed by atoms with Gasteiger partial charge >= 0.3 is 0 Å². The predicted octanol–water partition coefficient (Wildman–Crippen LogP) is 2.01. The number of carbonyl (C=O) groups is 1. The molecule has 1 aliphatic carbocycles. The Hall–Kier alpha value is -2.17. The number of nitrogens with one attached hydrogen (secondary N) is 2. The lowest BCUT2D eigenvalue weighted by Gasteiger charge is -2.11. The van der Waals surface area contributed by atoms with Gasteiger partial charge in [0, 0.05) is 11.3 Å². The van der Waals surface area contributed by atoms with Crippen LogP contribution in [0.1, 0.15) is 29.6 Å². The maximum atomic E-state index is 12.0. The highest BCUT2D eigenvalue weighted by Gasteiger charge is 2.11. The van der Waals surface area contributed by atoms with E-state index >= 15 is 0 Å². The Morgan fingerprint density at radius 2 is 2.00 bits per heavy atom. The lowest BCUT2D eigenvalue weighted by atomic mass is 10.2. The molecule has 1 aliphatic rings. The molecule has 0 saturated heterocycles. The van der Waals surface area contributed by atoms with Crippen molar-refractivity contribution in [3.8, 4) is 11.5 Å². The van der Waals surface area contributed by atoms with Crippen LogP contribution in [-0.2, 0) is 0 Å². The van der Waals surface area contributed by atoms with Gasteiger partial charge in [-0.05, 0) is 37.5 Å². The molecule has 1 aromatic rings. The van der Waals surface area contributed by atoms with Gasteiger partial charge in [-0.3, -0.25) is 10.2 Å². The largest absolute Gasteiger partial charge is 0.493 e. The van der Waals surface area contributed by atoms with Gasteiger partial charge in [-0.2, -0.15) is 0 Å². The number of methoxy groups -OCH3 is 2. The van der Waals surface area contributed by atoms with Gasteiger partial charge in [-0.25, -0.2) is 0 Å². The molecule has 1 amide bonds. The topological polar surface area (TPSA) is 59.6 Å². The van der Waals surface area contributed by atoms with Crippen LogP contribution in [0, 0.1) is 0 Å². The van der Waals surface area contributed by atoms with Crippen molar-refractivity contribution in [1.29, 1.82) is 0 Å². The molecule has 5 heteroatoms. The molecule has 0 unspecified atom stereocenters. The van der Waals surface area contributed by atoms with Crippen molar-refractivity contribution < 1.29 is 14.3 Å². The Morgan fingerprint density at radius 3 is 2.63 bits per heavy atom. The molecule has 0 aromatic heterocycles. The average Bonchev–Trinajstić information content (AvgIpc) is 2.97. The van der Waals surface area contributed by atoms with Gasteiger partial charge in [-0.15, -0.1) is 0 Å². The van der Waals surface area contributed by atoms with E-state index in [0.717, 1.165) is 25.0 Å². The average molecular weight is 262 g/mol. The van der Waals surface area contributed by atoms with E-state index in [-0.39, 0.29) is 5.91 Å². The van der Waals surface area contributed by atoms with E-state index in [1.54, 1.807) is 32.4 Å². The Morgan fingerprint density at radius 1 is 1.21 bits per heavy atom. The van der Waals surface area contributed by atoms with E-state index in [4.69, 9.17) is 9.47 Å². The zero-order chi connectivity index (χ0) is 13.7. The molecule has 2 N–H and O–H groups in total. The van der Waals surface area contributed by atoms with Gasteiger partial charge < -0.3 is 14.9 Å². The predicted molar refractivity (Wildman–Crippen MR) is 72.1 cm³/mol. The number of carbonyl (C=O) groups excluding carboxylic acids is 1. The Balaban J connectivity index is 2.02. The third-order valence-corrected chi connectivity index (χ3v) is 3.02. The number of amides is 1. The van der Waals surface area contributed by atoms with Crippen LogP contribution in [0.2, 0.25) is 0 Å². The van der Waals surface area contributed by atoms with E-state index in [0.29, 0.717) is 17.1 Å². The summed E-state index contributed by atoms with van der Waals surface area (Å²) in [4.78, 5) is 12.0. The monoisotopic (exact) mass is 262 g/mol. The molecule has 0 saturated carbocycles. The fourth-order valence-electron chi connectivity index (χ4n) is 1.97. The maximum absolute atomic E-state index is 12.0. The van der Waals surface area contributed by atoms with Crippen LogP contribution in [0.3, 0.4) is 0 Å². The minimum Gasteiger partial charge on any atom is -0.493 e. The van der Waals surface area contributed by atoms with Crippen molar-refractivity contribution >= 4 is 5.91 Å². The molecular weight excluding hydrogens is 244 g/mol. The van der Waals surface area contributed by atoms with Crippen LogP contribution in [0.5, 0.6) is 11.5 Å². The van der Waals surface area contributed by atoms with E-state index in [9.17, 15) is 4.79 Å². The molecule has 0 spiro atoms. The Labute approximate surface area is 112 Å². The number of hydrogen-bond donors (Lipinski definition) is 2. The first-order valence-electron chi connectivity index (χ1n) is 6.22. The molecular formula is C14H18N2O3. The number of allylic oxidation sites excluding steroid dienone is 2. The van der Waals surface area contributed by atoms with E-state index in [1.165, 1.54) is 0 Å². The van der Waals surface area contributed by atoms with Crippen molar-refractivity contribution in [2.45, 2.75) is 19.3 Å². The Bertz CT molecular complexity index is 497.